The third kappa shape index (κ3) is 4.62. The molecule has 2 aromatic carbocycles. The zero-order valence-corrected chi connectivity index (χ0v) is 19.1. The number of piperazine rings is 1. The Morgan fingerprint density at radius 1 is 1.03 bits per heavy atom. The van der Waals surface area contributed by atoms with Gasteiger partial charge < -0.3 is 15.3 Å². The number of carbonyl (C=O) groups excluding carboxylic acids is 2. The van der Waals surface area contributed by atoms with Crippen molar-refractivity contribution in [1.29, 1.82) is 0 Å². The number of phenolic OH excluding ortho intramolecular Hbond substituents is 1. The van der Waals surface area contributed by atoms with Gasteiger partial charge in [0.1, 0.15) is 17.3 Å². The first-order valence-electron chi connectivity index (χ1n) is 11.3. The first-order chi connectivity index (χ1) is 15.4. The fraction of sp³-hybridized carbons (Fsp3) is 0.440. The minimum atomic E-state index is -0.769. The smallest absolute Gasteiger partial charge is 0.246 e. The van der Waals surface area contributed by atoms with Crippen LogP contribution in [0.5, 0.6) is 5.75 Å². The molecule has 4 rings (SSSR count). The van der Waals surface area contributed by atoms with Gasteiger partial charge in [0.25, 0.3) is 0 Å². The molecule has 170 valence electrons. The molecule has 2 N–H and O–H groups in total. The fourth-order valence-electron chi connectivity index (χ4n) is 4.86. The summed E-state index contributed by atoms with van der Waals surface area (Å²) in [6.07, 6.45) is 2.49. The number of halogens is 1. The largest absolute Gasteiger partial charge is 0.508 e. The molecular formula is C25H30ClN3O3. The Labute approximate surface area is 194 Å². The molecule has 2 aliphatic rings. The van der Waals surface area contributed by atoms with Crippen LogP contribution in [0.2, 0.25) is 5.02 Å². The predicted octanol–water partition coefficient (Wildman–Crippen LogP) is 3.36. The van der Waals surface area contributed by atoms with Crippen LogP contribution in [0.4, 0.5) is 0 Å². The molecule has 1 atom stereocenters. The normalized spacial score (nSPS) is 21.1. The molecule has 2 heterocycles. The average molecular weight is 456 g/mol. The van der Waals surface area contributed by atoms with Crippen LogP contribution in [-0.2, 0) is 22.6 Å². The highest BCUT2D eigenvalue weighted by molar-refractivity contribution is 6.30. The molecule has 1 spiro atoms. The van der Waals surface area contributed by atoms with Gasteiger partial charge in [-0.2, -0.15) is 0 Å². The summed E-state index contributed by atoms with van der Waals surface area (Å²) in [4.78, 5) is 31.0. The lowest BCUT2D eigenvalue weighted by atomic mass is 9.81. The van der Waals surface area contributed by atoms with Gasteiger partial charge in [0.15, 0.2) is 0 Å². The first kappa shape index (κ1) is 22.6. The van der Waals surface area contributed by atoms with Gasteiger partial charge in [-0.25, -0.2) is 0 Å². The summed E-state index contributed by atoms with van der Waals surface area (Å²) in [5.41, 5.74) is 1.33. The maximum Gasteiger partial charge on any atom is 0.246 e. The van der Waals surface area contributed by atoms with Crippen molar-refractivity contribution < 1.29 is 14.7 Å². The van der Waals surface area contributed by atoms with E-state index in [-0.39, 0.29) is 17.6 Å². The zero-order chi connectivity index (χ0) is 22.7. The van der Waals surface area contributed by atoms with E-state index >= 15 is 0 Å². The van der Waals surface area contributed by atoms with E-state index in [2.05, 4.69) is 10.2 Å². The van der Waals surface area contributed by atoms with Crippen LogP contribution >= 0.6 is 11.6 Å². The molecule has 2 aromatic rings. The molecule has 32 heavy (non-hydrogen) atoms. The highest BCUT2D eigenvalue weighted by atomic mass is 35.5. The SMILES string of the molecule is CCCN1C(=O)[C@@H](Cc2ccc(O)cc2)NC(=O)C12CCN(Cc1ccc(Cl)cc1)CC2. The van der Waals surface area contributed by atoms with Crippen LogP contribution in [0.1, 0.15) is 37.3 Å². The Morgan fingerprint density at radius 3 is 2.28 bits per heavy atom. The second-order valence-electron chi connectivity index (χ2n) is 8.82. The number of nitrogens with zero attached hydrogens (tertiary/aromatic N) is 2. The standard InChI is InChI=1S/C25H30ClN3O3/c1-2-13-29-23(31)22(16-18-5-9-21(30)10-6-18)27-24(32)25(29)11-14-28(15-12-25)17-19-3-7-20(26)8-4-19/h3-10,22,30H,2,11-17H2,1H3,(H,27,32)/t22-/m1/s1. The Kier molecular flexibility index (Phi) is 6.72. The van der Waals surface area contributed by atoms with Crippen LogP contribution in [0.25, 0.3) is 0 Å². The van der Waals surface area contributed by atoms with E-state index in [0.717, 1.165) is 36.6 Å². The molecule has 7 heteroatoms. The summed E-state index contributed by atoms with van der Waals surface area (Å²) < 4.78 is 0. The number of nitrogens with one attached hydrogen (secondary N) is 1. The van der Waals surface area contributed by atoms with Crippen LogP contribution in [0.15, 0.2) is 48.5 Å². The third-order valence-corrected chi connectivity index (χ3v) is 6.89. The maximum atomic E-state index is 13.4. The summed E-state index contributed by atoms with van der Waals surface area (Å²) in [5.74, 6) is 0.135. The van der Waals surface area contributed by atoms with Crippen molar-refractivity contribution in [3.63, 3.8) is 0 Å². The number of hydrogen-bond donors (Lipinski definition) is 2. The van der Waals surface area contributed by atoms with E-state index < -0.39 is 11.6 Å². The summed E-state index contributed by atoms with van der Waals surface area (Å²) in [6, 6.07) is 14.1. The van der Waals surface area contributed by atoms with Crippen LogP contribution in [0.3, 0.4) is 0 Å². The molecule has 0 bridgehead atoms. The number of likely N-dealkylation sites (tertiary alicyclic amines) is 1. The molecule has 2 amide bonds. The lowest BCUT2D eigenvalue weighted by Crippen LogP contribution is -2.73. The number of amides is 2. The van der Waals surface area contributed by atoms with E-state index in [0.29, 0.717) is 25.8 Å². The Bertz CT molecular complexity index is 953. The van der Waals surface area contributed by atoms with Crippen molar-refractivity contribution in [2.75, 3.05) is 19.6 Å². The molecule has 0 radical (unpaired) electrons. The number of rotatable bonds is 6. The summed E-state index contributed by atoms with van der Waals surface area (Å²) in [5, 5.41) is 13.3. The highest BCUT2D eigenvalue weighted by Gasteiger charge is 2.53. The molecule has 2 fully saturated rings. The van der Waals surface area contributed by atoms with Crippen LogP contribution in [0, 0.1) is 0 Å². The van der Waals surface area contributed by atoms with Gasteiger partial charge in [-0.1, -0.05) is 42.8 Å². The fourth-order valence-corrected chi connectivity index (χ4v) is 4.98. The van der Waals surface area contributed by atoms with E-state index in [1.807, 2.05) is 36.1 Å². The molecule has 2 aliphatic heterocycles. The van der Waals surface area contributed by atoms with E-state index in [4.69, 9.17) is 11.6 Å². The van der Waals surface area contributed by atoms with Gasteiger partial charge >= 0.3 is 0 Å². The van der Waals surface area contributed by atoms with E-state index in [1.165, 1.54) is 5.56 Å². The van der Waals surface area contributed by atoms with Gasteiger partial charge in [0, 0.05) is 37.6 Å². The Morgan fingerprint density at radius 2 is 1.66 bits per heavy atom. The average Bonchev–Trinajstić information content (AvgIpc) is 2.79. The number of piperidine rings is 1. The van der Waals surface area contributed by atoms with Gasteiger partial charge in [0.05, 0.1) is 0 Å². The third-order valence-electron chi connectivity index (χ3n) is 6.63. The van der Waals surface area contributed by atoms with Crippen LogP contribution in [-0.4, -0.2) is 57.9 Å². The van der Waals surface area contributed by atoms with Crippen molar-refractivity contribution >= 4 is 23.4 Å². The first-order valence-corrected chi connectivity index (χ1v) is 11.7. The molecule has 6 nitrogen and oxygen atoms in total. The van der Waals surface area contributed by atoms with Gasteiger partial charge in [-0.05, 0) is 54.7 Å². The summed E-state index contributed by atoms with van der Waals surface area (Å²) >= 11 is 5.99. The zero-order valence-electron chi connectivity index (χ0n) is 18.4. The molecule has 0 aromatic heterocycles. The van der Waals surface area contributed by atoms with Crippen molar-refractivity contribution in [2.24, 2.45) is 0 Å². The monoisotopic (exact) mass is 455 g/mol. The Hall–Kier alpha value is -2.57. The van der Waals surface area contributed by atoms with Crippen molar-refractivity contribution in [3.8, 4) is 5.75 Å². The van der Waals surface area contributed by atoms with E-state index in [9.17, 15) is 14.7 Å². The van der Waals surface area contributed by atoms with Crippen molar-refractivity contribution in [2.45, 2.75) is 50.7 Å². The van der Waals surface area contributed by atoms with Crippen molar-refractivity contribution in [1.82, 2.24) is 15.1 Å². The number of carbonyl (C=O) groups is 2. The van der Waals surface area contributed by atoms with Gasteiger partial charge in [-0.15, -0.1) is 0 Å². The second kappa shape index (κ2) is 9.51. The van der Waals surface area contributed by atoms with Crippen molar-refractivity contribution in [3.05, 3.63) is 64.7 Å². The molecular weight excluding hydrogens is 426 g/mol. The molecule has 0 saturated carbocycles. The lowest BCUT2D eigenvalue weighted by Gasteiger charge is -2.51. The Balaban J connectivity index is 1.46. The van der Waals surface area contributed by atoms with Gasteiger partial charge in [0.2, 0.25) is 11.8 Å². The highest BCUT2D eigenvalue weighted by Crippen LogP contribution is 2.34. The number of hydrogen-bond acceptors (Lipinski definition) is 4. The van der Waals surface area contributed by atoms with E-state index in [1.54, 1.807) is 24.3 Å². The molecule has 2 saturated heterocycles. The predicted molar refractivity (Wildman–Crippen MR) is 124 cm³/mol. The number of phenols is 1. The molecule has 0 unspecified atom stereocenters. The lowest BCUT2D eigenvalue weighted by molar-refractivity contribution is -0.161. The minimum absolute atomic E-state index is 0.00863. The van der Waals surface area contributed by atoms with Crippen LogP contribution < -0.4 is 5.32 Å². The minimum Gasteiger partial charge on any atom is -0.508 e. The topological polar surface area (TPSA) is 72.9 Å². The number of aromatic hydroxyl groups is 1. The summed E-state index contributed by atoms with van der Waals surface area (Å²) in [6.45, 7) is 4.94. The summed E-state index contributed by atoms with van der Waals surface area (Å²) in [7, 11) is 0. The van der Waals surface area contributed by atoms with Gasteiger partial charge in [-0.3, -0.25) is 14.5 Å². The number of benzene rings is 2. The quantitative estimate of drug-likeness (QED) is 0.700. The molecule has 0 aliphatic carbocycles. The maximum absolute atomic E-state index is 13.4. The second-order valence-corrected chi connectivity index (χ2v) is 9.26.